The zero-order valence-corrected chi connectivity index (χ0v) is 22.0. The number of rotatable bonds is 7. The predicted octanol–water partition coefficient (Wildman–Crippen LogP) is 6.33. The first-order valence-electron chi connectivity index (χ1n) is 12.1. The van der Waals surface area contributed by atoms with Gasteiger partial charge in [0.25, 0.3) is 5.56 Å². The van der Waals surface area contributed by atoms with Gasteiger partial charge < -0.3 is 9.64 Å². The fourth-order valence-electron chi connectivity index (χ4n) is 4.33. The van der Waals surface area contributed by atoms with Crippen LogP contribution in [0.2, 0.25) is 0 Å². The van der Waals surface area contributed by atoms with Crippen LogP contribution in [0.3, 0.4) is 0 Å². The summed E-state index contributed by atoms with van der Waals surface area (Å²) in [6.07, 6.45) is 8.31. The number of fused-ring (bicyclic) bond motifs is 1. The number of anilines is 1. The van der Waals surface area contributed by atoms with E-state index < -0.39 is 0 Å². The maximum absolute atomic E-state index is 13.6. The van der Waals surface area contributed by atoms with Gasteiger partial charge in [-0.1, -0.05) is 42.1 Å². The molecule has 6 nitrogen and oxygen atoms in total. The first kappa shape index (κ1) is 24.5. The highest BCUT2D eigenvalue weighted by Gasteiger charge is 2.22. The molecule has 1 atom stereocenters. The number of halogens is 1. The van der Waals surface area contributed by atoms with Crippen LogP contribution in [-0.4, -0.2) is 36.1 Å². The van der Waals surface area contributed by atoms with Gasteiger partial charge in [-0.25, -0.2) is 4.98 Å². The van der Waals surface area contributed by atoms with Crippen molar-refractivity contribution in [1.29, 1.82) is 0 Å². The van der Waals surface area contributed by atoms with E-state index in [4.69, 9.17) is 14.8 Å². The Bertz CT molecular complexity index is 1250. The second kappa shape index (κ2) is 10.7. The number of nitrogens with zero attached hydrogens (tertiary/aromatic N) is 4. The molecule has 180 valence electrons. The van der Waals surface area contributed by atoms with Crippen LogP contribution in [0.1, 0.15) is 69.7 Å². The van der Waals surface area contributed by atoms with E-state index in [9.17, 15) is 4.79 Å². The van der Waals surface area contributed by atoms with Crippen molar-refractivity contribution in [1.82, 2.24) is 9.66 Å². The number of hydrogen-bond donors (Lipinski definition) is 0. The van der Waals surface area contributed by atoms with Crippen LogP contribution in [-0.2, 0) is 0 Å². The van der Waals surface area contributed by atoms with E-state index in [1.165, 1.54) is 11.1 Å². The number of benzene rings is 2. The highest BCUT2D eigenvalue weighted by molar-refractivity contribution is 9.10. The number of aromatic nitrogens is 2. The topological polar surface area (TPSA) is 59.7 Å². The van der Waals surface area contributed by atoms with E-state index in [0.717, 1.165) is 64.9 Å². The van der Waals surface area contributed by atoms with Gasteiger partial charge in [-0.05, 0) is 56.5 Å². The third kappa shape index (κ3) is 5.35. The maximum atomic E-state index is 13.6. The molecule has 0 amide bonds. The van der Waals surface area contributed by atoms with Crippen LogP contribution >= 0.6 is 15.9 Å². The largest absolute Gasteiger partial charge is 0.490 e. The highest BCUT2D eigenvalue weighted by atomic mass is 79.9. The molecule has 0 saturated heterocycles. The van der Waals surface area contributed by atoms with Crippen molar-refractivity contribution in [2.24, 2.45) is 5.10 Å². The summed E-state index contributed by atoms with van der Waals surface area (Å²) in [6.45, 7) is 4.16. The first-order chi connectivity index (χ1) is 16.4. The number of hydrogen-bond acceptors (Lipinski definition) is 5. The smallest absolute Gasteiger partial charge is 0.282 e. The Morgan fingerprint density at radius 3 is 2.68 bits per heavy atom. The molecule has 1 aliphatic carbocycles. The molecule has 7 heteroatoms. The fraction of sp³-hybridized carbons (Fsp3) is 0.444. The summed E-state index contributed by atoms with van der Waals surface area (Å²) in [5.74, 6) is 1.75. The summed E-state index contributed by atoms with van der Waals surface area (Å²) < 4.78 is 8.57. The van der Waals surface area contributed by atoms with Crippen LogP contribution in [0.5, 0.6) is 5.75 Å². The van der Waals surface area contributed by atoms with E-state index in [1.54, 1.807) is 6.21 Å². The van der Waals surface area contributed by atoms with Crippen molar-refractivity contribution in [3.05, 3.63) is 62.6 Å². The Hall–Kier alpha value is -2.67. The van der Waals surface area contributed by atoms with Crippen LogP contribution in [0.25, 0.3) is 10.9 Å². The van der Waals surface area contributed by atoms with Gasteiger partial charge in [-0.15, -0.1) is 0 Å². The average Bonchev–Trinajstić information content (AvgIpc) is 2.84. The highest BCUT2D eigenvalue weighted by Crippen LogP contribution is 2.32. The Kier molecular flexibility index (Phi) is 7.71. The van der Waals surface area contributed by atoms with Gasteiger partial charge >= 0.3 is 0 Å². The minimum Gasteiger partial charge on any atom is -0.490 e. The van der Waals surface area contributed by atoms with E-state index in [1.807, 2.05) is 55.4 Å². The second-order valence-corrected chi connectivity index (χ2v) is 10.2. The molecule has 0 N–H and O–H groups in total. The third-order valence-corrected chi connectivity index (χ3v) is 7.03. The lowest BCUT2D eigenvalue weighted by Gasteiger charge is -2.23. The summed E-state index contributed by atoms with van der Waals surface area (Å²) in [7, 11) is 4.01. The zero-order chi connectivity index (χ0) is 24.2. The van der Waals surface area contributed by atoms with Crippen LogP contribution in [0.15, 0.2) is 50.8 Å². The average molecular weight is 525 g/mol. The van der Waals surface area contributed by atoms with Crippen molar-refractivity contribution in [2.75, 3.05) is 19.0 Å². The molecule has 0 spiro atoms. The monoisotopic (exact) mass is 524 g/mol. The lowest BCUT2D eigenvalue weighted by molar-refractivity contribution is 0.217. The lowest BCUT2D eigenvalue weighted by Crippen LogP contribution is -2.25. The van der Waals surface area contributed by atoms with Gasteiger partial charge in [0, 0.05) is 41.8 Å². The standard InChI is InChI=1S/C27H33BrN4O2/c1-5-18(2)34-25-16-22(31(3)4)13-11-20(25)17-29-32-26(19-9-7-6-8-10-19)30-24-14-12-21(28)15-23(24)27(32)33/h11-19H,5-10H2,1-4H3/t18-/m0/s1. The van der Waals surface area contributed by atoms with Crippen LogP contribution in [0, 0.1) is 0 Å². The van der Waals surface area contributed by atoms with Crippen molar-refractivity contribution in [2.45, 2.75) is 64.4 Å². The third-order valence-electron chi connectivity index (χ3n) is 6.53. The van der Waals surface area contributed by atoms with Gasteiger partial charge in [0.1, 0.15) is 11.6 Å². The van der Waals surface area contributed by atoms with Crippen molar-refractivity contribution >= 4 is 38.7 Å². The second-order valence-electron chi connectivity index (χ2n) is 9.28. The molecule has 0 unspecified atom stereocenters. The van der Waals surface area contributed by atoms with E-state index in [2.05, 4.69) is 29.8 Å². The molecule has 1 heterocycles. The molecular formula is C27H33BrN4O2. The van der Waals surface area contributed by atoms with E-state index >= 15 is 0 Å². The molecule has 0 bridgehead atoms. The molecule has 1 saturated carbocycles. The molecule has 1 aliphatic rings. The Labute approximate surface area is 209 Å². The molecule has 0 aliphatic heterocycles. The molecule has 0 radical (unpaired) electrons. The Balaban J connectivity index is 1.82. The van der Waals surface area contributed by atoms with Gasteiger partial charge in [-0.2, -0.15) is 9.78 Å². The van der Waals surface area contributed by atoms with Crippen LogP contribution in [0.4, 0.5) is 5.69 Å². The van der Waals surface area contributed by atoms with E-state index in [-0.39, 0.29) is 17.6 Å². The first-order valence-corrected chi connectivity index (χ1v) is 12.9. The zero-order valence-electron chi connectivity index (χ0n) is 20.4. The van der Waals surface area contributed by atoms with E-state index in [0.29, 0.717) is 5.39 Å². The number of ether oxygens (including phenoxy) is 1. The normalized spacial score (nSPS) is 15.7. The molecule has 2 aromatic carbocycles. The quantitative estimate of drug-likeness (QED) is 0.338. The maximum Gasteiger partial charge on any atom is 0.282 e. The Morgan fingerprint density at radius 2 is 1.97 bits per heavy atom. The summed E-state index contributed by atoms with van der Waals surface area (Å²) >= 11 is 3.48. The summed E-state index contributed by atoms with van der Waals surface area (Å²) in [5, 5.41) is 5.27. The molecule has 3 aromatic rings. The van der Waals surface area contributed by atoms with Crippen molar-refractivity contribution in [3.63, 3.8) is 0 Å². The van der Waals surface area contributed by atoms with Gasteiger partial charge in [0.2, 0.25) is 0 Å². The fourth-order valence-corrected chi connectivity index (χ4v) is 4.69. The Morgan fingerprint density at radius 1 is 1.21 bits per heavy atom. The summed E-state index contributed by atoms with van der Waals surface area (Å²) in [5.41, 5.74) is 2.46. The van der Waals surface area contributed by atoms with Gasteiger partial charge in [0.15, 0.2) is 0 Å². The SMILES string of the molecule is CC[C@H](C)Oc1cc(N(C)C)ccc1C=Nn1c(C2CCCCC2)nc2ccc(Br)cc2c1=O. The van der Waals surface area contributed by atoms with Crippen molar-refractivity contribution < 1.29 is 4.74 Å². The minimum atomic E-state index is -0.141. The van der Waals surface area contributed by atoms with Gasteiger partial charge in [0.05, 0.1) is 23.2 Å². The van der Waals surface area contributed by atoms with Gasteiger partial charge in [-0.3, -0.25) is 4.79 Å². The predicted molar refractivity (Wildman–Crippen MR) is 144 cm³/mol. The summed E-state index contributed by atoms with van der Waals surface area (Å²) in [6, 6.07) is 11.7. The lowest BCUT2D eigenvalue weighted by atomic mass is 9.88. The summed E-state index contributed by atoms with van der Waals surface area (Å²) in [4.78, 5) is 20.5. The molecule has 1 fully saturated rings. The molecular weight excluding hydrogens is 492 g/mol. The van der Waals surface area contributed by atoms with Crippen molar-refractivity contribution in [3.8, 4) is 5.75 Å². The minimum absolute atomic E-state index is 0.0739. The molecule has 4 rings (SSSR count). The molecule has 34 heavy (non-hydrogen) atoms. The molecule has 1 aromatic heterocycles. The van der Waals surface area contributed by atoms with Crippen LogP contribution < -0.4 is 15.2 Å².